The summed E-state index contributed by atoms with van der Waals surface area (Å²) < 4.78 is 0. The van der Waals surface area contributed by atoms with E-state index in [1.54, 1.807) is 0 Å². The molecule has 29 heavy (non-hydrogen) atoms. The zero-order valence-electron chi connectivity index (χ0n) is 19.3. The molecule has 0 saturated carbocycles. The maximum Gasteiger partial charge on any atom is 0.0320 e. The Morgan fingerprint density at radius 3 is 2.24 bits per heavy atom. The van der Waals surface area contributed by atoms with E-state index in [1.165, 1.54) is 41.5 Å². The fourth-order valence-electron chi connectivity index (χ4n) is 3.07. The van der Waals surface area contributed by atoms with Crippen LogP contribution in [0.5, 0.6) is 0 Å². The van der Waals surface area contributed by atoms with Gasteiger partial charge in [0.2, 0.25) is 0 Å². The van der Waals surface area contributed by atoms with E-state index in [1.807, 2.05) is 11.8 Å². The monoisotopic (exact) mass is 411 g/mol. The lowest BCUT2D eigenvalue weighted by Crippen LogP contribution is -2.28. The van der Waals surface area contributed by atoms with Crippen molar-refractivity contribution in [3.05, 3.63) is 83.1 Å². The Morgan fingerprint density at radius 1 is 0.966 bits per heavy atom. The lowest BCUT2D eigenvalue weighted by molar-refractivity contribution is 0.666. The Morgan fingerprint density at radius 2 is 1.59 bits per heavy atom. The first kappa shape index (κ1) is 25.4. The third-order valence-electron chi connectivity index (χ3n) is 4.75. The van der Waals surface area contributed by atoms with Crippen LogP contribution in [0.1, 0.15) is 65.9 Å². The molecule has 1 aromatic carbocycles. The van der Waals surface area contributed by atoms with Gasteiger partial charge in [0.05, 0.1) is 0 Å². The summed E-state index contributed by atoms with van der Waals surface area (Å²) in [6.45, 7) is 15.3. The molecule has 0 fully saturated rings. The molecule has 2 heteroatoms. The highest BCUT2D eigenvalue weighted by atomic mass is 32.2. The van der Waals surface area contributed by atoms with E-state index in [4.69, 9.17) is 0 Å². The Kier molecular flexibility index (Phi) is 13.3. The first-order valence-electron chi connectivity index (χ1n) is 10.9. The SMILES string of the molecule is C=C(Cc1ccccc1)NC(C)CSC/C=C(\C)CC/C=C(\C)CCC=C(C)C. The first-order valence-corrected chi connectivity index (χ1v) is 12.0. The van der Waals surface area contributed by atoms with Gasteiger partial charge in [-0.2, -0.15) is 11.8 Å². The van der Waals surface area contributed by atoms with Crippen LogP contribution in [0, 0.1) is 0 Å². The number of hydrogen-bond donors (Lipinski definition) is 1. The molecular weight excluding hydrogens is 370 g/mol. The second-order valence-corrected chi connectivity index (χ2v) is 9.38. The molecule has 0 amide bonds. The molecule has 1 N–H and O–H groups in total. The number of hydrogen-bond acceptors (Lipinski definition) is 2. The summed E-state index contributed by atoms with van der Waals surface area (Å²) in [5.74, 6) is 2.19. The van der Waals surface area contributed by atoms with E-state index in [-0.39, 0.29) is 0 Å². The smallest absolute Gasteiger partial charge is 0.0320 e. The van der Waals surface area contributed by atoms with Crippen molar-refractivity contribution >= 4 is 11.8 Å². The summed E-state index contributed by atoms with van der Waals surface area (Å²) in [4.78, 5) is 0. The van der Waals surface area contributed by atoms with Crippen LogP contribution >= 0.6 is 11.8 Å². The minimum Gasteiger partial charge on any atom is -0.385 e. The minimum atomic E-state index is 0.441. The lowest BCUT2D eigenvalue weighted by atomic mass is 10.1. The van der Waals surface area contributed by atoms with Gasteiger partial charge in [0.25, 0.3) is 0 Å². The van der Waals surface area contributed by atoms with Crippen LogP contribution in [-0.2, 0) is 6.42 Å². The molecule has 0 heterocycles. The van der Waals surface area contributed by atoms with Crippen molar-refractivity contribution in [1.82, 2.24) is 5.32 Å². The first-order chi connectivity index (χ1) is 13.9. The average molecular weight is 412 g/mol. The summed E-state index contributed by atoms with van der Waals surface area (Å²) in [5.41, 5.74) is 6.84. The van der Waals surface area contributed by atoms with Gasteiger partial charge >= 0.3 is 0 Å². The van der Waals surface area contributed by atoms with Crippen molar-refractivity contribution in [3.63, 3.8) is 0 Å². The zero-order valence-corrected chi connectivity index (χ0v) is 20.1. The third kappa shape index (κ3) is 14.0. The standard InChI is InChI=1S/C27H41NS/c1-22(2)12-10-13-23(3)14-11-15-24(4)18-19-29-21-26(6)28-25(5)20-27-16-8-7-9-17-27/h7-9,12,14,16-18,26,28H,5,10-11,13,15,19-21H2,1-4,6H3/b23-14+,24-18+. The fraction of sp³-hybridized carbons (Fsp3) is 0.481. The van der Waals surface area contributed by atoms with Crippen molar-refractivity contribution < 1.29 is 0 Å². The highest BCUT2D eigenvalue weighted by Crippen LogP contribution is 2.13. The molecule has 160 valence electrons. The molecule has 0 radical (unpaired) electrons. The van der Waals surface area contributed by atoms with E-state index in [2.05, 4.69) is 95.1 Å². The topological polar surface area (TPSA) is 12.0 Å². The van der Waals surface area contributed by atoms with E-state index in [0.29, 0.717) is 6.04 Å². The second kappa shape index (κ2) is 15.2. The maximum atomic E-state index is 4.18. The van der Waals surface area contributed by atoms with E-state index in [9.17, 15) is 0 Å². The highest BCUT2D eigenvalue weighted by Gasteiger charge is 2.03. The Balaban J connectivity index is 2.17. The summed E-state index contributed by atoms with van der Waals surface area (Å²) in [7, 11) is 0. The molecule has 0 saturated heterocycles. The van der Waals surface area contributed by atoms with Gasteiger partial charge in [-0.15, -0.1) is 0 Å². The van der Waals surface area contributed by atoms with Gasteiger partial charge in [-0.05, 0) is 65.9 Å². The number of allylic oxidation sites excluding steroid dienone is 6. The van der Waals surface area contributed by atoms with Crippen molar-refractivity contribution in [2.24, 2.45) is 0 Å². The molecule has 0 aliphatic carbocycles. The molecule has 1 aromatic rings. The van der Waals surface area contributed by atoms with E-state index in [0.717, 1.165) is 30.0 Å². The Labute approximate surface area is 184 Å². The van der Waals surface area contributed by atoms with Gasteiger partial charge in [0, 0.05) is 29.7 Å². The predicted molar refractivity (Wildman–Crippen MR) is 135 cm³/mol. The zero-order chi connectivity index (χ0) is 21.5. The van der Waals surface area contributed by atoms with Crippen molar-refractivity contribution in [1.29, 1.82) is 0 Å². The summed E-state index contributed by atoms with van der Waals surface area (Å²) in [6.07, 6.45) is 12.7. The summed E-state index contributed by atoms with van der Waals surface area (Å²) in [5, 5.41) is 3.54. The molecule has 1 atom stereocenters. The Bertz CT molecular complexity index is 678. The minimum absolute atomic E-state index is 0.441. The van der Waals surface area contributed by atoms with Gasteiger partial charge in [-0.25, -0.2) is 0 Å². The second-order valence-electron chi connectivity index (χ2n) is 8.31. The quantitative estimate of drug-likeness (QED) is 0.247. The highest BCUT2D eigenvalue weighted by molar-refractivity contribution is 7.99. The van der Waals surface area contributed by atoms with Crippen LogP contribution in [0.15, 0.2) is 77.6 Å². The molecule has 0 spiro atoms. The normalized spacial score (nSPS) is 13.1. The van der Waals surface area contributed by atoms with Crippen LogP contribution in [0.2, 0.25) is 0 Å². The van der Waals surface area contributed by atoms with Crippen LogP contribution in [-0.4, -0.2) is 17.5 Å². The molecule has 0 aliphatic rings. The molecular formula is C27H41NS. The molecule has 1 unspecified atom stereocenters. The summed E-state index contributed by atoms with van der Waals surface area (Å²) >= 11 is 1.99. The van der Waals surface area contributed by atoms with Gasteiger partial charge in [-0.3, -0.25) is 0 Å². The lowest BCUT2D eigenvalue weighted by Gasteiger charge is -2.16. The molecule has 1 nitrogen and oxygen atoms in total. The number of rotatable bonds is 14. The maximum absolute atomic E-state index is 4.18. The number of thioether (sulfide) groups is 1. The average Bonchev–Trinajstić information content (AvgIpc) is 2.65. The largest absolute Gasteiger partial charge is 0.385 e. The van der Waals surface area contributed by atoms with Crippen LogP contribution in [0.3, 0.4) is 0 Å². The fourth-order valence-corrected chi connectivity index (χ4v) is 4.04. The van der Waals surface area contributed by atoms with Gasteiger partial charge in [0.1, 0.15) is 0 Å². The van der Waals surface area contributed by atoms with Crippen LogP contribution < -0.4 is 5.32 Å². The van der Waals surface area contributed by atoms with E-state index < -0.39 is 0 Å². The van der Waals surface area contributed by atoms with Crippen molar-refractivity contribution in [2.45, 2.75) is 72.8 Å². The van der Waals surface area contributed by atoms with Gasteiger partial charge in [0.15, 0.2) is 0 Å². The third-order valence-corrected chi connectivity index (χ3v) is 5.89. The summed E-state index contributed by atoms with van der Waals surface area (Å²) in [6, 6.07) is 11.0. The Hall–Kier alpha value is -1.67. The molecule has 1 rings (SSSR count). The van der Waals surface area contributed by atoms with Crippen molar-refractivity contribution in [2.75, 3.05) is 11.5 Å². The van der Waals surface area contributed by atoms with Crippen molar-refractivity contribution in [3.8, 4) is 0 Å². The molecule has 0 aromatic heterocycles. The van der Waals surface area contributed by atoms with E-state index >= 15 is 0 Å². The number of nitrogens with one attached hydrogen (secondary N) is 1. The van der Waals surface area contributed by atoms with Gasteiger partial charge < -0.3 is 5.32 Å². The molecule has 0 aliphatic heterocycles. The van der Waals surface area contributed by atoms with Gasteiger partial charge in [-0.1, -0.05) is 71.9 Å². The predicted octanol–water partition coefficient (Wildman–Crippen LogP) is 7.87. The van der Waals surface area contributed by atoms with Crippen LogP contribution in [0.25, 0.3) is 0 Å². The molecule has 0 bridgehead atoms. The van der Waals surface area contributed by atoms with Crippen LogP contribution in [0.4, 0.5) is 0 Å². The number of benzene rings is 1.